The molecular formula is C9H6N2O4S2. The van der Waals surface area contributed by atoms with Gasteiger partial charge in [0.05, 0.1) is 16.7 Å². The highest BCUT2D eigenvalue weighted by molar-refractivity contribution is 8.33. The second-order valence-electron chi connectivity index (χ2n) is 3.15. The van der Waals surface area contributed by atoms with Crippen LogP contribution in [0.4, 0.5) is 5.69 Å². The molecule has 0 unspecified atom stereocenters. The molecule has 0 spiro atoms. The van der Waals surface area contributed by atoms with Crippen molar-refractivity contribution in [3.63, 3.8) is 0 Å². The molecule has 2 rings (SSSR count). The highest BCUT2D eigenvalue weighted by atomic mass is 32.2. The molecule has 1 fully saturated rings. The average molecular weight is 270 g/mol. The van der Waals surface area contributed by atoms with Crippen molar-refractivity contribution in [3.05, 3.63) is 40.0 Å². The molecule has 0 bridgehead atoms. The number of thioether (sulfide) groups is 1. The number of carbonyl (C=O) groups is 1. The van der Waals surface area contributed by atoms with Gasteiger partial charge in [-0.15, -0.1) is 0 Å². The minimum atomic E-state index is -0.538. The fraction of sp³-hybridized carbons (Fsp3) is 0.111. The number of thiocarbonyl (C=S) groups is 1. The van der Waals surface area contributed by atoms with Crippen LogP contribution in [-0.4, -0.2) is 14.4 Å². The van der Waals surface area contributed by atoms with E-state index in [1.807, 2.05) is 0 Å². The van der Waals surface area contributed by atoms with E-state index in [1.54, 1.807) is 6.08 Å². The minimum absolute atomic E-state index is 0.103. The third kappa shape index (κ3) is 2.71. The molecule has 0 saturated carbocycles. The third-order valence-electron chi connectivity index (χ3n) is 2.00. The standard InChI is InChI=1S/C9H6N2O4S2/c12-8-7(10-9(16)17-8)2-1-6-3-5(4-15-6)11(13)14/h2-4H,1H2,(H,10,16)/b7-2-. The summed E-state index contributed by atoms with van der Waals surface area (Å²) in [4.78, 5) is 21.2. The molecule has 0 radical (unpaired) electrons. The largest absolute Gasteiger partial charge is 0.462 e. The van der Waals surface area contributed by atoms with Crippen LogP contribution < -0.4 is 5.32 Å². The van der Waals surface area contributed by atoms with E-state index in [2.05, 4.69) is 5.32 Å². The predicted octanol–water partition coefficient (Wildman–Crippen LogP) is 1.76. The Bertz CT molecular complexity index is 535. The van der Waals surface area contributed by atoms with Gasteiger partial charge in [-0.3, -0.25) is 14.9 Å². The Labute approximate surface area is 105 Å². The van der Waals surface area contributed by atoms with Crippen LogP contribution in [0.2, 0.25) is 0 Å². The Morgan fingerprint density at radius 1 is 1.65 bits per heavy atom. The number of nitro groups is 1. The van der Waals surface area contributed by atoms with Crippen molar-refractivity contribution < 1.29 is 14.1 Å². The molecule has 8 heteroatoms. The number of hydrogen-bond acceptors (Lipinski definition) is 6. The second-order valence-corrected chi connectivity index (χ2v) is 4.80. The van der Waals surface area contributed by atoms with Crippen molar-refractivity contribution in [3.8, 4) is 0 Å². The van der Waals surface area contributed by atoms with Gasteiger partial charge in [-0.05, 0) is 17.8 Å². The lowest BCUT2D eigenvalue weighted by atomic mass is 10.3. The third-order valence-corrected chi connectivity index (χ3v) is 3.04. The molecule has 0 aliphatic carbocycles. The van der Waals surface area contributed by atoms with E-state index >= 15 is 0 Å². The van der Waals surface area contributed by atoms with E-state index < -0.39 is 4.92 Å². The van der Waals surface area contributed by atoms with E-state index in [-0.39, 0.29) is 10.8 Å². The Balaban J connectivity index is 2.06. The van der Waals surface area contributed by atoms with E-state index in [0.717, 1.165) is 18.0 Å². The summed E-state index contributed by atoms with van der Waals surface area (Å²) < 4.78 is 5.39. The number of hydrogen-bond donors (Lipinski definition) is 1. The summed E-state index contributed by atoms with van der Waals surface area (Å²) in [5.41, 5.74) is 0.285. The molecule has 6 nitrogen and oxygen atoms in total. The van der Waals surface area contributed by atoms with Gasteiger partial charge in [0, 0.05) is 6.42 Å². The Morgan fingerprint density at radius 3 is 2.94 bits per heavy atom. The van der Waals surface area contributed by atoms with Crippen molar-refractivity contribution in [1.29, 1.82) is 0 Å². The Morgan fingerprint density at radius 2 is 2.41 bits per heavy atom. The maximum atomic E-state index is 11.3. The summed E-state index contributed by atoms with van der Waals surface area (Å²) >= 11 is 5.77. The van der Waals surface area contributed by atoms with Crippen molar-refractivity contribution in [2.75, 3.05) is 0 Å². The summed E-state index contributed by atoms with van der Waals surface area (Å²) in [6, 6.07) is 1.32. The normalized spacial score (nSPS) is 17.5. The minimum Gasteiger partial charge on any atom is -0.462 e. The van der Waals surface area contributed by atoms with Crippen LogP contribution in [0.3, 0.4) is 0 Å². The molecule has 1 aromatic heterocycles. The lowest BCUT2D eigenvalue weighted by molar-refractivity contribution is -0.385. The van der Waals surface area contributed by atoms with Crippen LogP contribution in [0, 0.1) is 10.1 Å². The first-order valence-corrected chi connectivity index (χ1v) is 5.74. The molecule has 2 heterocycles. The summed E-state index contributed by atoms with van der Waals surface area (Å²) in [5.74, 6) is 0.418. The Kier molecular flexibility index (Phi) is 3.25. The van der Waals surface area contributed by atoms with Crippen molar-refractivity contribution >= 4 is 39.1 Å². The molecule has 0 amide bonds. The predicted molar refractivity (Wildman–Crippen MR) is 65.5 cm³/mol. The molecule has 1 aromatic rings. The van der Waals surface area contributed by atoms with Crippen LogP contribution in [0.5, 0.6) is 0 Å². The van der Waals surface area contributed by atoms with Crippen LogP contribution >= 0.6 is 24.0 Å². The van der Waals surface area contributed by atoms with Crippen molar-refractivity contribution in [1.82, 2.24) is 5.32 Å². The number of nitrogens with zero attached hydrogens (tertiary/aromatic N) is 1. The zero-order chi connectivity index (χ0) is 12.4. The zero-order valence-corrected chi connectivity index (χ0v) is 9.97. The lowest BCUT2D eigenvalue weighted by Gasteiger charge is -1.93. The fourth-order valence-electron chi connectivity index (χ4n) is 1.23. The van der Waals surface area contributed by atoms with Gasteiger partial charge < -0.3 is 9.73 Å². The topological polar surface area (TPSA) is 85.4 Å². The van der Waals surface area contributed by atoms with E-state index in [1.165, 1.54) is 6.07 Å². The van der Waals surface area contributed by atoms with Gasteiger partial charge in [0.15, 0.2) is 6.26 Å². The smallest absolute Gasteiger partial charge is 0.307 e. The van der Waals surface area contributed by atoms with E-state index in [0.29, 0.717) is 22.2 Å². The lowest BCUT2D eigenvalue weighted by Crippen LogP contribution is -2.10. The van der Waals surface area contributed by atoms with Gasteiger partial charge in [-0.1, -0.05) is 12.2 Å². The molecule has 17 heavy (non-hydrogen) atoms. The number of allylic oxidation sites excluding steroid dienone is 1. The summed E-state index contributed by atoms with van der Waals surface area (Å²) in [7, 11) is 0. The van der Waals surface area contributed by atoms with Crippen molar-refractivity contribution in [2.24, 2.45) is 0 Å². The van der Waals surface area contributed by atoms with E-state index in [9.17, 15) is 14.9 Å². The summed E-state index contributed by atoms with van der Waals surface area (Å²) in [6.07, 6.45) is 2.96. The maximum Gasteiger partial charge on any atom is 0.307 e. The summed E-state index contributed by atoms with van der Waals surface area (Å²) in [6.45, 7) is 0. The van der Waals surface area contributed by atoms with Gasteiger partial charge in [-0.25, -0.2) is 0 Å². The molecule has 1 aliphatic rings. The quantitative estimate of drug-likeness (QED) is 0.387. The monoisotopic (exact) mass is 270 g/mol. The van der Waals surface area contributed by atoms with Gasteiger partial charge in [-0.2, -0.15) is 0 Å². The van der Waals surface area contributed by atoms with Gasteiger partial charge in [0.1, 0.15) is 10.1 Å². The maximum absolute atomic E-state index is 11.3. The first-order valence-electron chi connectivity index (χ1n) is 4.51. The number of nitrogens with one attached hydrogen (secondary N) is 1. The molecular weight excluding hydrogens is 264 g/mol. The van der Waals surface area contributed by atoms with Crippen molar-refractivity contribution in [2.45, 2.75) is 6.42 Å². The SMILES string of the molecule is O=C1SC(=S)N/C1=C\Cc1cc([N+](=O)[O-])co1. The van der Waals surface area contributed by atoms with Crippen LogP contribution in [0.1, 0.15) is 5.76 Å². The van der Waals surface area contributed by atoms with E-state index in [4.69, 9.17) is 16.6 Å². The summed E-state index contributed by atoms with van der Waals surface area (Å²) in [5, 5.41) is 13.0. The highest BCUT2D eigenvalue weighted by Gasteiger charge is 2.22. The number of furan rings is 1. The molecule has 0 atom stereocenters. The number of carbonyl (C=O) groups excluding carboxylic acids is 1. The van der Waals surface area contributed by atoms with Crippen LogP contribution in [0.25, 0.3) is 0 Å². The van der Waals surface area contributed by atoms with Gasteiger partial charge in [0.25, 0.3) is 0 Å². The zero-order valence-electron chi connectivity index (χ0n) is 8.34. The molecule has 1 N–H and O–H groups in total. The Hall–Kier alpha value is -1.67. The second kappa shape index (κ2) is 4.68. The molecule has 1 saturated heterocycles. The van der Waals surface area contributed by atoms with Gasteiger partial charge >= 0.3 is 5.69 Å². The molecule has 1 aliphatic heterocycles. The first kappa shape index (κ1) is 11.8. The van der Waals surface area contributed by atoms with Crippen LogP contribution in [0.15, 0.2) is 28.5 Å². The average Bonchev–Trinajstić information content (AvgIpc) is 2.82. The van der Waals surface area contributed by atoms with Gasteiger partial charge in [0.2, 0.25) is 5.12 Å². The molecule has 0 aromatic carbocycles. The fourth-order valence-corrected chi connectivity index (χ4v) is 2.15. The van der Waals surface area contributed by atoms with Crippen LogP contribution in [-0.2, 0) is 11.2 Å². The number of rotatable bonds is 3. The first-order chi connectivity index (χ1) is 8.06. The highest BCUT2D eigenvalue weighted by Crippen LogP contribution is 2.21. The molecule has 88 valence electrons.